The Labute approximate surface area is 143 Å². The van der Waals surface area contributed by atoms with Crippen LogP contribution in [0.15, 0.2) is 30.3 Å². The molecule has 0 aromatic heterocycles. The topological polar surface area (TPSA) is 55.8 Å². The maximum absolute atomic E-state index is 12.7. The van der Waals surface area contributed by atoms with Crippen LogP contribution in [0.5, 0.6) is 0 Å². The van der Waals surface area contributed by atoms with E-state index in [9.17, 15) is 9.59 Å². The van der Waals surface area contributed by atoms with E-state index in [2.05, 4.69) is 0 Å². The first-order chi connectivity index (χ1) is 11.6. The van der Waals surface area contributed by atoms with Gasteiger partial charge in [-0.1, -0.05) is 44.2 Å². The first-order valence-electron chi connectivity index (χ1n) is 8.74. The second kappa shape index (κ2) is 8.29. The van der Waals surface area contributed by atoms with E-state index in [1.165, 1.54) is 0 Å². The number of benzene rings is 1. The van der Waals surface area contributed by atoms with Crippen LogP contribution in [-0.2, 0) is 19.1 Å². The number of likely N-dealkylation sites (tertiary alicyclic amines) is 1. The molecule has 0 bridgehead atoms. The van der Waals surface area contributed by atoms with Gasteiger partial charge in [0.1, 0.15) is 0 Å². The number of rotatable bonds is 8. The first kappa shape index (κ1) is 18.5. The van der Waals surface area contributed by atoms with E-state index in [0.717, 1.165) is 18.4 Å². The van der Waals surface area contributed by atoms with Crippen LogP contribution in [0, 0.1) is 0 Å². The molecule has 1 aromatic carbocycles. The number of carbonyl (C=O) groups is 2. The summed E-state index contributed by atoms with van der Waals surface area (Å²) in [5.41, 5.74) is -0.243. The van der Waals surface area contributed by atoms with Crippen molar-refractivity contribution in [1.82, 2.24) is 4.90 Å². The molecule has 132 valence electrons. The molecule has 5 heteroatoms. The van der Waals surface area contributed by atoms with Gasteiger partial charge in [0, 0.05) is 19.0 Å². The molecular formula is C19H27NO4. The Morgan fingerprint density at radius 3 is 2.04 bits per heavy atom. The van der Waals surface area contributed by atoms with E-state index in [4.69, 9.17) is 9.47 Å². The van der Waals surface area contributed by atoms with Crippen LogP contribution >= 0.6 is 0 Å². The Bertz CT molecular complexity index is 538. The van der Waals surface area contributed by atoms with Crippen LogP contribution in [0.25, 0.3) is 0 Å². The van der Waals surface area contributed by atoms with Gasteiger partial charge in [-0.3, -0.25) is 4.90 Å². The van der Waals surface area contributed by atoms with Gasteiger partial charge in [-0.2, -0.15) is 0 Å². The maximum atomic E-state index is 12.7. The quantitative estimate of drug-likeness (QED) is 0.540. The van der Waals surface area contributed by atoms with Crippen LogP contribution < -0.4 is 0 Å². The minimum atomic E-state index is -1.31. The minimum absolute atomic E-state index is 0.0664. The average Bonchev–Trinajstić information content (AvgIpc) is 2.58. The highest BCUT2D eigenvalue weighted by molar-refractivity contribution is 6.06. The molecule has 5 nitrogen and oxygen atoms in total. The Kier molecular flexibility index (Phi) is 6.37. The van der Waals surface area contributed by atoms with E-state index >= 15 is 0 Å². The Balaban J connectivity index is 2.25. The first-order valence-corrected chi connectivity index (χ1v) is 8.74. The number of hydrogen-bond donors (Lipinski definition) is 0. The third-order valence-corrected chi connectivity index (χ3v) is 4.50. The summed E-state index contributed by atoms with van der Waals surface area (Å²) in [6.45, 7) is 7.16. The molecule has 0 unspecified atom stereocenters. The van der Waals surface area contributed by atoms with E-state index in [1.807, 2.05) is 56.0 Å². The van der Waals surface area contributed by atoms with E-state index in [-0.39, 0.29) is 6.04 Å². The van der Waals surface area contributed by atoms with Crippen LogP contribution in [0.1, 0.15) is 51.6 Å². The van der Waals surface area contributed by atoms with Gasteiger partial charge in [-0.25, -0.2) is 9.59 Å². The van der Waals surface area contributed by atoms with Gasteiger partial charge in [0.25, 0.3) is 0 Å². The van der Waals surface area contributed by atoms with Crippen LogP contribution in [0.3, 0.4) is 0 Å². The normalized spacial score (nSPS) is 17.6. The minimum Gasteiger partial charge on any atom is -0.464 e. The van der Waals surface area contributed by atoms with Gasteiger partial charge >= 0.3 is 11.9 Å². The average molecular weight is 333 g/mol. The number of nitrogens with zero attached hydrogens (tertiary/aromatic N) is 1. The fraction of sp³-hybridized carbons (Fsp3) is 0.579. The Hall–Kier alpha value is -1.88. The maximum Gasteiger partial charge on any atom is 0.338 e. The third kappa shape index (κ3) is 3.46. The Morgan fingerprint density at radius 2 is 1.62 bits per heavy atom. The summed E-state index contributed by atoms with van der Waals surface area (Å²) >= 11 is 0. The summed E-state index contributed by atoms with van der Waals surface area (Å²) in [5, 5.41) is 0. The van der Waals surface area contributed by atoms with E-state index in [1.54, 1.807) is 0 Å². The van der Waals surface area contributed by atoms with Gasteiger partial charge in [-0.15, -0.1) is 0 Å². The predicted molar refractivity (Wildman–Crippen MR) is 91.4 cm³/mol. The fourth-order valence-electron chi connectivity index (χ4n) is 3.05. The molecule has 0 spiro atoms. The molecule has 0 amide bonds. The molecule has 0 N–H and O–H groups in total. The van der Waals surface area contributed by atoms with Crippen molar-refractivity contribution < 1.29 is 19.1 Å². The summed E-state index contributed by atoms with van der Waals surface area (Å²) in [6, 6.07) is 9.80. The van der Waals surface area contributed by atoms with Crippen LogP contribution in [0.2, 0.25) is 0 Å². The summed E-state index contributed by atoms with van der Waals surface area (Å²) < 4.78 is 10.7. The van der Waals surface area contributed by atoms with E-state index < -0.39 is 17.5 Å². The molecule has 0 radical (unpaired) electrons. The highest BCUT2D eigenvalue weighted by Gasteiger charge is 2.61. The monoisotopic (exact) mass is 333 g/mol. The van der Waals surface area contributed by atoms with Crippen molar-refractivity contribution in [2.24, 2.45) is 0 Å². The molecule has 1 aliphatic rings. The lowest BCUT2D eigenvalue weighted by atomic mass is 9.81. The zero-order valence-electron chi connectivity index (χ0n) is 14.8. The number of ether oxygens (including phenoxy) is 2. The van der Waals surface area contributed by atoms with E-state index in [0.29, 0.717) is 26.2 Å². The molecule has 0 aliphatic carbocycles. The van der Waals surface area contributed by atoms with Gasteiger partial charge in [0.05, 0.1) is 13.2 Å². The molecular weight excluding hydrogens is 306 g/mol. The van der Waals surface area contributed by atoms with Gasteiger partial charge < -0.3 is 9.47 Å². The lowest BCUT2D eigenvalue weighted by molar-refractivity contribution is -0.190. The largest absolute Gasteiger partial charge is 0.464 e. The lowest BCUT2D eigenvalue weighted by Gasteiger charge is -2.51. The van der Waals surface area contributed by atoms with Crippen molar-refractivity contribution in [1.29, 1.82) is 0 Å². The molecule has 1 atom stereocenters. The number of esters is 2. The lowest BCUT2D eigenvalue weighted by Crippen LogP contribution is -2.70. The summed E-state index contributed by atoms with van der Waals surface area (Å²) in [5.74, 6) is -0.973. The van der Waals surface area contributed by atoms with Crippen molar-refractivity contribution >= 4 is 11.9 Å². The van der Waals surface area contributed by atoms with Crippen molar-refractivity contribution in [3.05, 3.63) is 35.9 Å². The van der Waals surface area contributed by atoms with Crippen LogP contribution in [-0.4, -0.2) is 42.1 Å². The predicted octanol–water partition coefficient (Wildman–Crippen LogP) is 3.10. The SMILES string of the molecule is CCCOC(=O)C1(C(=O)OCCC)CCN1[C@@H](C)c1ccccc1. The molecule has 1 aliphatic heterocycles. The van der Waals surface area contributed by atoms with Crippen molar-refractivity contribution in [2.45, 2.75) is 51.6 Å². The van der Waals surface area contributed by atoms with Crippen LogP contribution in [0.4, 0.5) is 0 Å². The van der Waals surface area contributed by atoms with Gasteiger partial charge in [0.2, 0.25) is 5.54 Å². The molecule has 1 heterocycles. The molecule has 2 rings (SSSR count). The smallest absolute Gasteiger partial charge is 0.338 e. The summed E-state index contributed by atoms with van der Waals surface area (Å²) in [4.78, 5) is 27.3. The van der Waals surface area contributed by atoms with Gasteiger partial charge in [-0.05, 0) is 25.3 Å². The van der Waals surface area contributed by atoms with Crippen molar-refractivity contribution in [3.63, 3.8) is 0 Å². The summed E-state index contributed by atoms with van der Waals surface area (Å²) in [7, 11) is 0. The second-order valence-electron chi connectivity index (χ2n) is 6.16. The molecule has 1 aromatic rings. The molecule has 0 saturated carbocycles. The molecule has 24 heavy (non-hydrogen) atoms. The second-order valence-corrected chi connectivity index (χ2v) is 6.16. The summed E-state index contributed by atoms with van der Waals surface area (Å²) in [6.07, 6.45) is 1.88. The highest BCUT2D eigenvalue weighted by Crippen LogP contribution is 2.40. The zero-order chi connectivity index (χ0) is 17.6. The van der Waals surface area contributed by atoms with Gasteiger partial charge in [0.15, 0.2) is 0 Å². The molecule has 1 fully saturated rings. The van der Waals surface area contributed by atoms with Crippen molar-refractivity contribution in [2.75, 3.05) is 19.8 Å². The van der Waals surface area contributed by atoms with Crippen molar-refractivity contribution in [3.8, 4) is 0 Å². The number of carbonyl (C=O) groups excluding carboxylic acids is 2. The Morgan fingerprint density at radius 1 is 1.08 bits per heavy atom. The molecule has 1 saturated heterocycles. The zero-order valence-corrected chi connectivity index (χ0v) is 14.8. The standard InChI is InChI=1S/C19H27NO4/c1-4-13-23-17(21)19(18(22)24-14-5-2)11-12-20(19)15(3)16-9-7-6-8-10-16/h6-10,15H,4-5,11-14H2,1-3H3/t15-/m0/s1. The highest BCUT2D eigenvalue weighted by atomic mass is 16.6. The fourth-order valence-corrected chi connectivity index (χ4v) is 3.05. The number of hydrogen-bond acceptors (Lipinski definition) is 5. The third-order valence-electron chi connectivity index (χ3n) is 4.50.